The molecule has 5 heteroatoms. The Kier molecular flexibility index (Phi) is 3.56. The molecule has 0 bridgehead atoms. The van der Waals surface area contributed by atoms with Gasteiger partial charge < -0.3 is 10.0 Å². The summed E-state index contributed by atoms with van der Waals surface area (Å²) in [7, 11) is 0. The molecule has 2 rings (SSSR count). The molecule has 1 aromatic rings. The Morgan fingerprint density at radius 3 is 3.06 bits per heavy atom. The summed E-state index contributed by atoms with van der Waals surface area (Å²) in [6.45, 7) is 2.86. The SMILES string of the molecule is CC1CCN(C(=O)c2cc(S)cs2)C1CO. The number of nitrogens with zero attached hydrogens (tertiary/aromatic N) is 1. The molecule has 0 spiro atoms. The van der Waals surface area contributed by atoms with Gasteiger partial charge in [-0.25, -0.2) is 0 Å². The standard InChI is InChI=1S/C11H15NO2S2/c1-7-2-3-12(9(7)5-13)11(14)10-4-8(15)6-16-10/h4,6-7,9,13,15H,2-3,5H2,1H3. The van der Waals surface area contributed by atoms with Gasteiger partial charge >= 0.3 is 0 Å². The van der Waals surface area contributed by atoms with Crippen LogP contribution in [0.3, 0.4) is 0 Å². The minimum absolute atomic E-state index is 0.0219. The van der Waals surface area contributed by atoms with Crippen LogP contribution in [0.2, 0.25) is 0 Å². The Morgan fingerprint density at radius 2 is 2.50 bits per heavy atom. The summed E-state index contributed by atoms with van der Waals surface area (Å²) in [5.41, 5.74) is 0. The van der Waals surface area contributed by atoms with Crippen molar-refractivity contribution in [3.05, 3.63) is 16.3 Å². The van der Waals surface area contributed by atoms with Gasteiger partial charge in [-0.05, 0) is 18.4 Å². The van der Waals surface area contributed by atoms with Crippen molar-refractivity contribution >= 4 is 29.9 Å². The second-order valence-corrected chi connectivity index (χ2v) is 5.61. The molecule has 3 nitrogen and oxygen atoms in total. The van der Waals surface area contributed by atoms with Crippen molar-refractivity contribution in [3.8, 4) is 0 Å². The van der Waals surface area contributed by atoms with Crippen molar-refractivity contribution < 1.29 is 9.90 Å². The van der Waals surface area contributed by atoms with E-state index >= 15 is 0 Å². The van der Waals surface area contributed by atoms with Crippen LogP contribution in [-0.4, -0.2) is 35.1 Å². The molecule has 88 valence electrons. The lowest BCUT2D eigenvalue weighted by atomic mass is 10.0. The first-order chi connectivity index (χ1) is 7.63. The third kappa shape index (κ3) is 2.12. The normalized spacial score (nSPS) is 25.1. The molecule has 0 aliphatic carbocycles. The van der Waals surface area contributed by atoms with Gasteiger partial charge in [0.1, 0.15) is 0 Å². The molecule has 1 aliphatic rings. The highest BCUT2D eigenvalue weighted by molar-refractivity contribution is 7.80. The van der Waals surface area contributed by atoms with Crippen LogP contribution in [0.1, 0.15) is 23.0 Å². The maximum Gasteiger partial charge on any atom is 0.264 e. The monoisotopic (exact) mass is 257 g/mol. The van der Waals surface area contributed by atoms with Crippen LogP contribution in [0.4, 0.5) is 0 Å². The smallest absolute Gasteiger partial charge is 0.264 e. The first-order valence-corrected chi connectivity index (χ1v) is 6.65. The Labute approximate surface area is 104 Å². The molecular formula is C11H15NO2S2. The van der Waals surface area contributed by atoms with Gasteiger partial charge in [0, 0.05) is 16.8 Å². The molecule has 0 saturated carbocycles. The molecule has 2 unspecified atom stereocenters. The molecule has 1 amide bonds. The van der Waals surface area contributed by atoms with E-state index in [0.717, 1.165) is 17.9 Å². The van der Waals surface area contributed by atoms with Gasteiger partial charge in [0.25, 0.3) is 5.91 Å². The number of amides is 1. The first kappa shape index (κ1) is 12.0. The van der Waals surface area contributed by atoms with Crippen molar-refractivity contribution in [2.24, 2.45) is 5.92 Å². The Hall–Kier alpha value is -0.520. The van der Waals surface area contributed by atoms with E-state index in [1.165, 1.54) is 11.3 Å². The van der Waals surface area contributed by atoms with E-state index in [9.17, 15) is 9.90 Å². The maximum absolute atomic E-state index is 12.2. The van der Waals surface area contributed by atoms with Crippen LogP contribution in [0.15, 0.2) is 16.3 Å². The van der Waals surface area contributed by atoms with Crippen molar-refractivity contribution in [1.82, 2.24) is 4.90 Å². The molecule has 16 heavy (non-hydrogen) atoms. The fourth-order valence-electron chi connectivity index (χ4n) is 2.12. The molecule has 0 radical (unpaired) electrons. The highest BCUT2D eigenvalue weighted by atomic mass is 32.1. The fraction of sp³-hybridized carbons (Fsp3) is 0.545. The minimum Gasteiger partial charge on any atom is -0.394 e. The predicted octanol–water partition coefficient (Wildman–Crippen LogP) is 1.88. The number of thiophene rings is 1. The largest absolute Gasteiger partial charge is 0.394 e. The molecule has 1 aromatic heterocycles. The van der Waals surface area contributed by atoms with E-state index in [4.69, 9.17) is 0 Å². The van der Waals surface area contributed by atoms with Gasteiger partial charge in [-0.1, -0.05) is 6.92 Å². The average Bonchev–Trinajstić information content (AvgIpc) is 2.83. The summed E-state index contributed by atoms with van der Waals surface area (Å²) in [5, 5.41) is 11.2. The van der Waals surface area contributed by atoms with Crippen LogP contribution in [0.5, 0.6) is 0 Å². The molecule has 1 saturated heterocycles. The number of carbonyl (C=O) groups excluding carboxylic acids is 1. The van der Waals surface area contributed by atoms with Gasteiger partial charge in [-0.3, -0.25) is 4.79 Å². The summed E-state index contributed by atoms with van der Waals surface area (Å²) in [4.78, 5) is 15.5. The zero-order valence-corrected chi connectivity index (χ0v) is 10.8. The first-order valence-electron chi connectivity index (χ1n) is 5.33. The molecule has 0 aromatic carbocycles. The fourth-order valence-corrected chi connectivity index (χ4v) is 3.22. The lowest BCUT2D eigenvalue weighted by molar-refractivity contribution is 0.0653. The van der Waals surface area contributed by atoms with E-state index < -0.39 is 0 Å². The quantitative estimate of drug-likeness (QED) is 0.794. The third-order valence-electron chi connectivity index (χ3n) is 3.13. The molecular weight excluding hydrogens is 242 g/mol. The number of aliphatic hydroxyl groups is 1. The molecule has 2 heterocycles. The molecule has 2 atom stereocenters. The Bertz CT molecular complexity index is 391. The van der Waals surface area contributed by atoms with Crippen molar-refractivity contribution in [3.63, 3.8) is 0 Å². The third-order valence-corrected chi connectivity index (χ3v) is 4.48. The van der Waals surface area contributed by atoms with Crippen LogP contribution in [0, 0.1) is 5.92 Å². The Morgan fingerprint density at radius 1 is 1.75 bits per heavy atom. The number of hydrogen-bond donors (Lipinski definition) is 2. The summed E-state index contributed by atoms with van der Waals surface area (Å²) in [5.74, 6) is 0.401. The number of rotatable bonds is 2. The number of aliphatic hydroxyl groups excluding tert-OH is 1. The minimum atomic E-state index is -0.0297. The zero-order chi connectivity index (χ0) is 11.7. The van der Waals surface area contributed by atoms with Crippen molar-refractivity contribution in [1.29, 1.82) is 0 Å². The number of hydrogen-bond acceptors (Lipinski definition) is 4. The topological polar surface area (TPSA) is 40.5 Å². The van der Waals surface area contributed by atoms with Gasteiger partial charge in [-0.2, -0.15) is 0 Å². The van der Waals surface area contributed by atoms with Crippen molar-refractivity contribution in [2.45, 2.75) is 24.3 Å². The van der Waals surface area contributed by atoms with Gasteiger partial charge in [-0.15, -0.1) is 24.0 Å². The summed E-state index contributed by atoms with van der Waals surface area (Å²) in [6.07, 6.45) is 0.968. The number of likely N-dealkylation sites (tertiary alicyclic amines) is 1. The van der Waals surface area contributed by atoms with E-state index in [1.54, 1.807) is 11.0 Å². The highest BCUT2D eigenvalue weighted by Gasteiger charge is 2.34. The lowest BCUT2D eigenvalue weighted by Gasteiger charge is -2.24. The van der Waals surface area contributed by atoms with E-state index in [1.807, 2.05) is 5.38 Å². The number of thiol groups is 1. The van der Waals surface area contributed by atoms with Crippen LogP contribution in [-0.2, 0) is 0 Å². The predicted molar refractivity (Wildman–Crippen MR) is 67.3 cm³/mol. The molecule has 1 aliphatic heterocycles. The van der Waals surface area contributed by atoms with E-state index in [0.29, 0.717) is 10.8 Å². The van der Waals surface area contributed by atoms with Gasteiger partial charge in [0.15, 0.2) is 0 Å². The van der Waals surface area contributed by atoms with E-state index in [-0.39, 0.29) is 18.6 Å². The van der Waals surface area contributed by atoms with Gasteiger partial charge in [0.05, 0.1) is 17.5 Å². The maximum atomic E-state index is 12.2. The zero-order valence-electron chi connectivity index (χ0n) is 9.09. The van der Waals surface area contributed by atoms with Crippen LogP contribution < -0.4 is 0 Å². The van der Waals surface area contributed by atoms with Crippen LogP contribution >= 0.6 is 24.0 Å². The summed E-state index contributed by atoms with van der Waals surface area (Å²) < 4.78 is 0. The summed E-state index contributed by atoms with van der Waals surface area (Å²) in [6, 6.07) is 1.76. The van der Waals surface area contributed by atoms with Gasteiger partial charge in [0.2, 0.25) is 0 Å². The molecule has 1 fully saturated rings. The van der Waals surface area contributed by atoms with Crippen LogP contribution in [0.25, 0.3) is 0 Å². The van der Waals surface area contributed by atoms with E-state index in [2.05, 4.69) is 19.6 Å². The average molecular weight is 257 g/mol. The van der Waals surface area contributed by atoms with Crippen molar-refractivity contribution in [2.75, 3.05) is 13.2 Å². The second-order valence-electron chi connectivity index (χ2n) is 4.18. The number of carbonyl (C=O) groups is 1. The highest BCUT2D eigenvalue weighted by Crippen LogP contribution is 2.27. The Balaban J connectivity index is 2.16. The lowest BCUT2D eigenvalue weighted by Crippen LogP contribution is -2.39. The molecule has 1 N–H and O–H groups in total. The summed E-state index contributed by atoms with van der Waals surface area (Å²) >= 11 is 5.60. The second kappa shape index (κ2) is 4.77.